The maximum absolute atomic E-state index is 4.25. The van der Waals surface area contributed by atoms with Crippen molar-refractivity contribution in [2.24, 2.45) is 23.2 Å². The Balaban J connectivity index is 2.31. The van der Waals surface area contributed by atoms with Crippen LogP contribution in [0.5, 0.6) is 0 Å². The Kier molecular flexibility index (Phi) is 2.56. The molecule has 0 aromatic heterocycles. The number of hydrogen-bond acceptors (Lipinski definition) is 0. The van der Waals surface area contributed by atoms with E-state index in [0.717, 1.165) is 11.8 Å². The average Bonchev–Trinajstić information content (AvgIpc) is 2.51. The fourth-order valence-corrected chi connectivity index (χ4v) is 4.04. The molecule has 0 radical (unpaired) electrons. The monoisotopic (exact) mass is 204 g/mol. The Bertz CT molecular complexity index is 299. The highest BCUT2D eigenvalue weighted by molar-refractivity contribution is 5.18. The van der Waals surface area contributed by atoms with Crippen molar-refractivity contribution in [1.82, 2.24) is 0 Å². The van der Waals surface area contributed by atoms with Gasteiger partial charge in [-0.25, -0.2) is 0 Å². The van der Waals surface area contributed by atoms with Crippen molar-refractivity contribution in [2.45, 2.75) is 46.5 Å². The largest absolute Gasteiger partial charge is 0.0998 e. The van der Waals surface area contributed by atoms with Crippen molar-refractivity contribution in [2.75, 3.05) is 0 Å². The molecule has 0 amide bonds. The van der Waals surface area contributed by atoms with Crippen LogP contribution < -0.4 is 0 Å². The first-order valence-electron chi connectivity index (χ1n) is 6.29. The number of fused-ring (bicyclic) bond motifs is 1. The quantitative estimate of drug-likeness (QED) is 0.548. The molecule has 0 aliphatic heterocycles. The average molecular weight is 204 g/mol. The normalized spacial score (nSPS) is 45.3. The summed E-state index contributed by atoms with van der Waals surface area (Å²) >= 11 is 0. The molecular formula is C15H24. The molecule has 2 aliphatic carbocycles. The first kappa shape index (κ1) is 11.0. The van der Waals surface area contributed by atoms with Gasteiger partial charge in [0, 0.05) is 0 Å². The second-order valence-corrected chi connectivity index (χ2v) is 6.12. The van der Waals surface area contributed by atoms with Crippen molar-refractivity contribution in [3.63, 3.8) is 0 Å². The molecule has 0 bridgehead atoms. The van der Waals surface area contributed by atoms with Crippen molar-refractivity contribution < 1.29 is 0 Å². The van der Waals surface area contributed by atoms with Crippen LogP contribution in [0, 0.1) is 23.2 Å². The molecule has 2 saturated carbocycles. The van der Waals surface area contributed by atoms with Crippen molar-refractivity contribution >= 4 is 0 Å². The van der Waals surface area contributed by atoms with Crippen LogP contribution in [0.1, 0.15) is 46.5 Å². The van der Waals surface area contributed by atoms with Crippen molar-refractivity contribution in [3.8, 4) is 0 Å². The van der Waals surface area contributed by atoms with Crippen LogP contribution in [0.25, 0.3) is 0 Å². The van der Waals surface area contributed by atoms with Gasteiger partial charge in [0.2, 0.25) is 0 Å². The van der Waals surface area contributed by atoms with Crippen molar-refractivity contribution in [1.29, 1.82) is 0 Å². The minimum Gasteiger partial charge on any atom is -0.0998 e. The van der Waals surface area contributed by atoms with E-state index in [2.05, 4.69) is 33.9 Å². The second-order valence-electron chi connectivity index (χ2n) is 6.12. The van der Waals surface area contributed by atoms with Crippen LogP contribution in [-0.2, 0) is 0 Å². The summed E-state index contributed by atoms with van der Waals surface area (Å²) in [6, 6.07) is 0. The van der Waals surface area contributed by atoms with E-state index < -0.39 is 0 Å². The van der Waals surface area contributed by atoms with Gasteiger partial charge in [0.1, 0.15) is 0 Å². The summed E-state index contributed by atoms with van der Waals surface area (Å²) in [5, 5.41) is 0. The minimum absolute atomic E-state index is 0.574. The molecule has 2 aliphatic rings. The third-order valence-corrected chi connectivity index (χ3v) is 5.10. The summed E-state index contributed by atoms with van der Waals surface area (Å²) in [5.41, 5.74) is 3.44. The fraction of sp³-hybridized carbons (Fsp3) is 0.733. The van der Waals surface area contributed by atoms with Crippen LogP contribution in [0.15, 0.2) is 24.3 Å². The lowest BCUT2D eigenvalue weighted by Crippen LogP contribution is -2.36. The number of rotatable bonds is 1. The molecule has 0 aromatic rings. The van der Waals surface area contributed by atoms with Crippen LogP contribution in [0.2, 0.25) is 0 Å². The third-order valence-electron chi connectivity index (χ3n) is 5.10. The maximum Gasteiger partial charge on any atom is -0.0169 e. The van der Waals surface area contributed by atoms with Gasteiger partial charge < -0.3 is 0 Å². The van der Waals surface area contributed by atoms with Gasteiger partial charge in [-0.05, 0) is 55.8 Å². The minimum atomic E-state index is 0.574. The van der Waals surface area contributed by atoms with Gasteiger partial charge in [0.05, 0.1) is 0 Å². The van der Waals surface area contributed by atoms with E-state index in [1.807, 2.05) is 0 Å². The summed E-state index contributed by atoms with van der Waals surface area (Å²) in [5.74, 6) is 2.27. The van der Waals surface area contributed by atoms with E-state index in [4.69, 9.17) is 0 Å². The Morgan fingerprint density at radius 2 is 2.07 bits per heavy atom. The SMILES string of the molecule is C=C1CC[C@@]2(C)CC[C@@H](C(=C)C)[C@@H]2[C@H]1C. The van der Waals surface area contributed by atoms with Crippen LogP contribution in [-0.4, -0.2) is 0 Å². The topological polar surface area (TPSA) is 0 Å². The van der Waals surface area contributed by atoms with Crippen LogP contribution in [0.3, 0.4) is 0 Å². The standard InChI is InChI=1S/C15H24/c1-10(2)13-7-9-15(5)8-6-11(3)12(4)14(13)15/h12-14H,1,3,6-9H2,2,4-5H3/t12-,13-,14-,15-/m0/s1. The molecule has 15 heavy (non-hydrogen) atoms. The first-order valence-corrected chi connectivity index (χ1v) is 6.29. The third kappa shape index (κ3) is 1.58. The van der Waals surface area contributed by atoms with E-state index in [0.29, 0.717) is 11.3 Å². The van der Waals surface area contributed by atoms with Gasteiger partial charge in [-0.15, -0.1) is 0 Å². The van der Waals surface area contributed by atoms with E-state index in [1.165, 1.54) is 36.8 Å². The zero-order valence-electron chi connectivity index (χ0n) is 10.5. The summed E-state index contributed by atoms with van der Waals surface area (Å²) in [6.45, 7) is 15.5. The molecule has 4 atom stereocenters. The smallest absolute Gasteiger partial charge is 0.0169 e. The Morgan fingerprint density at radius 1 is 1.40 bits per heavy atom. The first-order chi connectivity index (χ1) is 6.96. The second kappa shape index (κ2) is 3.50. The van der Waals surface area contributed by atoms with E-state index in [-0.39, 0.29) is 0 Å². The summed E-state index contributed by atoms with van der Waals surface area (Å²) in [7, 11) is 0. The van der Waals surface area contributed by atoms with Crippen molar-refractivity contribution in [3.05, 3.63) is 24.3 Å². The summed E-state index contributed by atoms with van der Waals surface area (Å²) in [4.78, 5) is 0. The molecule has 0 spiro atoms. The highest BCUT2D eigenvalue weighted by atomic mass is 14.5. The van der Waals surface area contributed by atoms with Gasteiger partial charge in [0.15, 0.2) is 0 Å². The summed E-state index contributed by atoms with van der Waals surface area (Å²) in [6.07, 6.45) is 5.35. The summed E-state index contributed by atoms with van der Waals surface area (Å²) < 4.78 is 0. The molecule has 0 heteroatoms. The fourth-order valence-electron chi connectivity index (χ4n) is 4.04. The van der Waals surface area contributed by atoms with Gasteiger partial charge in [-0.1, -0.05) is 38.2 Å². The van der Waals surface area contributed by atoms with E-state index >= 15 is 0 Å². The predicted octanol–water partition coefficient (Wildman–Crippen LogP) is 4.58. The van der Waals surface area contributed by atoms with E-state index in [9.17, 15) is 0 Å². The lowest BCUT2D eigenvalue weighted by atomic mass is 9.61. The lowest BCUT2D eigenvalue weighted by Gasteiger charge is -2.44. The van der Waals surface area contributed by atoms with Gasteiger partial charge in [-0.2, -0.15) is 0 Å². The highest BCUT2D eigenvalue weighted by Gasteiger charge is 2.50. The molecule has 0 heterocycles. The highest BCUT2D eigenvalue weighted by Crippen LogP contribution is 2.59. The Morgan fingerprint density at radius 3 is 2.67 bits per heavy atom. The molecule has 84 valence electrons. The molecular weight excluding hydrogens is 180 g/mol. The predicted molar refractivity (Wildman–Crippen MR) is 66.7 cm³/mol. The van der Waals surface area contributed by atoms with Gasteiger partial charge in [-0.3, -0.25) is 0 Å². The van der Waals surface area contributed by atoms with Crippen LogP contribution in [0.4, 0.5) is 0 Å². The molecule has 0 saturated heterocycles. The molecule has 2 rings (SSSR count). The van der Waals surface area contributed by atoms with Gasteiger partial charge >= 0.3 is 0 Å². The van der Waals surface area contributed by atoms with Crippen LogP contribution >= 0.6 is 0 Å². The number of hydrogen-bond donors (Lipinski definition) is 0. The molecule has 2 fully saturated rings. The zero-order valence-corrected chi connectivity index (χ0v) is 10.5. The molecule has 0 unspecified atom stereocenters. The molecule has 0 aromatic carbocycles. The Labute approximate surface area is 94.5 Å². The zero-order chi connectivity index (χ0) is 11.2. The molecule has 0 nitrogen and oxygen atoms in total. The number of allylic oxidation sites excluding steroid dienone is 2. The molecule has 0 N–H and O–H groups in total. The van der Waals surface area contributed by atoms with E-state index in [1.54, 1.807) is 0 Å². The Hall–Kier alpha value is -0.520. The maximum atomic E-state index is 4.25. The lowest BCUT2D eigenvalue weighted by molar-refractivity contribution is 0.116. The van der Waals surface area contributed by atoms with Gasteiger partial charge in [0.25, 0.3) is 0 Å².